The number of azo groups is 1. The van der Waals surface area contributed by atoms with Gasteiger partial charge in [0.05, 0.1) is 48.5 Å². The summed E-state index contributed by atoms with van der Waals surface area (Å²) in [7, 11) is -3.55. The second-order valence-corrected chi connectivity index (χ2v) is 13.0. The minimum Gasteiger partial charge on any atom is -0.395 e. The Labute approximate surface area is 253 Å². The summed E-state index contributed by atoms with van der Waals surface area (Å²) in [5.41, 5.74) is 8.94. The first kappa shape index (κ1) is 33.9. The number of para-hydroxylation sites is 1. The van der Waals surface area contributed by atoms with Gasteiger partial charge in [-0.05, 0) is 64.1 Å². The number of ether oxygens (including phenoxy) is 1. The second kappa shape index (κ2) is 15.7. The summed E-state index contributed by atoms with van der Waals surface area (Å²) in [6.07, 6.45) is 0. The number of nitrogens with one attached hydrogen (secondary N) is 2. The molecule has 0 unspecified atom stereocenters. The highest BCUT2D eigenvalue weighted by Gasteiger charge is 2.24. The molecule has 0 atom stereocenters. The predicted octanol–water partition coefficient (Wildman–Crippen LogP) is 4.42. The third kappa shape index (κ3) is 9.97. The number of rotatable bonds is 16. The van der Waals surface area contributed by atoms with Crippen molar-refractivity contribution in [2.75, 3.05) is 68.2 Å². The molecule has 0 saturated carbocycles. The molecule has 0 aliphatic carbocycles. The van der Waals surface area contributed by atoms with E-state index in [0.29, 0.717) is 60.5 Å². The number of hydrogen-bond donors (Lipinski definition) is 5. The van der Waals surface area contributed by atoms with Crippen molar-refractivity contribution in [3.05, 3.63) is 60.2 Å². The summed E-state index contributed by atoms with van der Waals surface area (Å²) in [6, 6.07) is 15.7. The van der Waals surface area contributed by atoms with E-state index in [4.69, 9.17) is 15.6 Å². The van der Waals surface area contributed by atoms with Crippen molar-refractivity contribution in [2.45, 2.75) is 38.1 Å². The van der Waals surface area contributed by atoms with E-state index in [0.717, 1.165) is 5.69 Å². The van der Waals surface area contributed by atoms with Crippen molar-refractivity contribution < 1.29 is 23.4 Å². The summed E-state index contributed by atoms with van der Waals surface area (Å²) in [5, 5.41) is 33.5. The molecule has 0 bridgehead atoms. The van der Waals surface area contributed by atoms with Gasteiger partial charge in [-0.3, -0.25) is 4.90 Å². The number of sulfone groups is 1. The molecule has 13 heteroatoms. The summed E-state index contributed by atoms with van der Waals surface area (Å²) in [4.78, 5) is 6.80. The molecule has 12 nitrogen and oxygen atoms in total. The lowest BCUT2D eigenvalue weighted by Crippen LogP contribution is -2.45. The van der Waals surface area contributed by atoms with Gasteiger partial charge in [-0.15, -0.1) is 5.11 Å². The van der Waals surface area contributed by atoms with Gasteiger partial charge in [0.2, 0.25) is 0 Å². The molecule has 1 aromatic heterocycles. The van der Waals surface area contributed by atoms with Crippen LogP contribution >= 0.6 is 0 Å². The minimum atomic E-state index is -3.55. The largest absolute Gasteiger partial charge is 0.395 e. The van der Waals surface area contributed by atoms with E-state index < -0.39 is 9.84 Å². The number of pyridine rings is 1. The van der Waals surface area contributed by atoms with Crippen LogP contribution < -0.4 is 16.4 Å². The Kier molecular flexibility index (Phi) is 12.4. The molecule has 0 saturated heterocycles. The van der Waals surface area contributed by atoms with Gasteiger partial charge in [-0.25, -0.2) is 13.4 Å². The zero-order valence-electron chi connectivity index (χ0n) is 25.2. The van der Waals surface area contributed by atoms with E-state index in [1.54, 1.807) is 12.1 Å². The van der Waals surface area contributed by atoms with Crippen molar-refractivity contribution in [3.63, 3.8) is 0 Å². The van der Waals surface area contributed by atoms with Gasteiger partial charge in [-0.1, -0.05) is 18.2 Å². The van der Waals surface area contributed by atoms with Gasteiger partial charge in [-0.2, -0.15) is 5.11 Å². The molecule has 0 aliphatic heterocycles. The summed E-state index contributed by atoms with van der Waals surface area (Å²) in [6.45, 7) is 9.34. The Balaban J connectivity index is 1.82. The molecule has 0 aliphatic rings. The lowest BCUT2D eigenvalue weighted by atomic mass is 10.1. The van der Waals surface area contributed by atoms with Crippen LogP contribution in [-0.2, 0) is 14.6 Å². The number of nitrogens with two attached hydrogens (primary N) is 1. The van der Waals surface area contributed by atoms with Gasteiger partial charge < -0.3 is 31.3 Å². The van der Waals surface area contributed by atoms with Crippen LogP contribution in [0.15, 0.2) is 69.7 Å². The van der Waals surface area contributed by atoms with Crippen molar-refractivity contribution in [1.82, 2.24) is 9.88 Å². The van der Waals surface area contributed by atoms with E-state index in [9.17, 15) is 13.5 Å². The van der Waals surface area contributed by atoms with Crippen LogP contribution in [0.2, 0.25) is 0 Å². The number of benzene rings is 2. The number of nitrogen functional groups attached to an aromatic ring is 1. The van der Waals surface area contributed by atoms with Crippen molar-refractivity contribution in [2.24, 2.45) is 10.2 Å². The van der Waals surface area contributed by atoms with Crippen LogP contribution in [0, 0.1) is 6.92 Å². The number of aromatic nitrogens is 1. The molecule has 3 aromatic rings. The molecule has 0 amide bonds. The monoisotopic (exact) mass is 613 g/mol. The van der Waals surface area contributed by atoms with Crippen molar-refractivity contribution in [3.8, 4) is 0 Å². The summed E-state index contributed by atoms with van der Waals surface area (Å²) >= 11 is 0. The highest BCUT2D eigenvalue weighted by molar-refractivity contribution is 7.91. The van der Waals surface area contributed by atoms with Crippen molar-refractivity contribution >= 4 is 44.2 Å². The van der Waals surface area contributed by atoms with Crippen LogP contribution in [0.25, 0.3) is 0 Å². The van der Waals surface area contributed by atoms with E-state index >= 15 is 0 Å². The average molecular weight is 614 g/mol. The molecule has 0 spiro atoms. The van der Waals surface area contributed by atoms with Crippen LogP contribution in [0.3, 0.4) is 0 Å². The first-order chi connectivity index (χ1) is 20.5. The van der Waals surface area contributed by atoms with Crippen molar-refractivity contribution in [1.29, 1.82) is 0 Å². The molecule has 2 aromatic carbocycles. The first-order valence-corrected chi connectivity index (χ1v) is 15.8. The van der Waals surface area contributed by atoms with Gasteiger partial charge in [0.25, 0.3) is 0 Å². The SMILES string of the molecule is Cc1c(N)c(Nc2ccccc2)nc(NCCOCCO)c1N=Nc1ccc(S(=O)(=O)CCN(CCO)C(C)(C)C)cc1. The Bertz CT molecular complexity index is 1440. The summed E-state index contributed by atoms with van der Waals surface area (Å²) in [5.74, 6) is 0.822. The Morgan fingerprint density at radius 3 is 2.28 bits per heavy atom. The predicted molar refractivity (Wildman–Crippen MR) is 171 cm³/mol. The number of hydrogen-bond acceptors (Lipinski definition) is 12. The third-order valence-corrected chi connectivity index (χ3v) is 8.39. The Hall–Kier alpha value is -3.62. The van der Waals surface area contributed by atoms with Gasteiger partial charge in [0.1, 0.15) is 5.69 Å². The molecule has 0 fully saturated rings. The zero-order valence-corrected chi connectivity index (χ0v) is 26.1. The standard InChI is InChI=1S/C30H43N7O5S/c1-22-26(31)28(33-23-8-6-5-7-9-23)34-29(32-14-19-42-20-18-39)27(22)36-35-24-10-12-25(13-11-24)43(40,41)21-16-37(15-17-38)30(2,3)4/h5-13,38-39H,14-21,31H2,1-4H3,(H2,32,33,34). The fourth-order valence-corrected chi connectivity index (χ4v) is 5.44. The van der Waals surface area contributed by atoms with Crippen LogP contribution in [0.5, 0.6) is 0 Å². The Morgan fingerprint density at radius 2 is 1.65 bits per heavy atom. The maximum Gasteiger partial charge on any atom is 0.179 e. The molecule has 0 radical (unpaired) electrons. The van der Waals surface area contributed by atoms with Gasteiger partial charge in [0.15, 0.2) is 21.5 Å². The van der Waals surface area contributed by atoms with Gasteiger partial charge >= 0.3 is 0 Å². The zero-order chi connectivity index (χ0) is 31.5. The molecule has 43 heavy (non-hydrogen) atoms. The van der Waals surface area contributed by atoms with E-state index in [1.165, 1.54) is 12.1 Å². The van der Waals surface area contributed by atoms with Crippen LogP contribution in [0.4, 0.5) is 34.4 Å². The lowest BCUT2D eigenvalue weighted by Gasteiger charge is -2.35. The molecular formula is C30H43N7O5S. The average Bonchev–Trinajstić information content (AvgIpc) is 2.97. The fourth-order valence-electron chi connectivity index (χ4n) is 4.19. The van der Waals surface area contributed by atoms with E-state index in [1.807, 2.05) is 62.9 Å². The quantitative estimate of drug-likeness (QED) is 0.115. The summed E-state index contributed by atoms with van der Waals surface area (Å²) < 4.78 is 31.4. The second-order valence-electron chi connectivity index (χ2n) is 10.8. The third-order valence-electron chi connectivity index (χ3n) is 6.68. The molecule has 1 heterocycles. The molecule has 234 valence electrons. The topological polar surface area (TPSA) is 175 Å². The number of aliphatic hydroxyl groups excluding tert-OH is 2. The molecular weight excluding hydrogens is 570 g/mol. The van der Waals surface area contributed by atoms with Crippen LogP contribution in [0.1, 0.15) is 26.3 Å². The maximum absolute atomic E-state index is 13.0. The van der Waals surface area contributed by atoms with E-state index in [-0.39, 0.29) is 36.0 Å². The van der Waals surface area contributed by atoms with Gasteiger partial charge in [0, 0.05) is 36.4 Å². The highest BCUT2D eigenvalue weighted by Crippen LogP contribution is 2.37. The highest BCUT2D eigenvalue weighted by atomic mass is 32.2. The fraction of sp³-hybridized carbons (Fsp3) is 0.433. The molecule has 6 N–H and O–H groups in total. The maximum atomic E-state index is 13.0. The van der Waals surface area contributed by atoms with E-state index in [2.05, 4.69) is 25.8 Å². The smallest absolute Gasteiger partial charge is 0.179 e. The minimum absolute atomic E-state index is 0.0430. The van der Waals surface area contributed by atoms with Crippen LogP contribution in [-0.4, -0.2) is 85.9 Å². The number of nitrogens with zero attached hydrogens (tertiary/aromatic N) is 4. The number of β-amino-alcohol motifs (C(OH)–C–C–N with tert-alkyl or cyclic N) is 1. The number of anilines is 4. The Morgan fingerprint density at radius 1 is 0.953 bits per heavy atom. The number of aliphatic hydroxyl groups is 2. The lowest BCUT2D eigenvalue weighted by molar-refractivity contribution is 0.0992. The first-order valence-electron chi connectivity index (χ1n) is 14.1. The molecule has 3 rings (SSSR count). The normalized spacial score (nSPS) is 12.3.